The Hall–Kier alpha value is -1.80. The van der Waals surface area contributed by atoms with Crippen LogP contribution in [0.1, 0.15) is 45.4 Å². The van der Waals surface area contributed by atoms with E-state index in [4.69, 9.17) is 4.74 Å². The number of nitrogens with zero attached hydrogens (tertiary/aromatic N) is 2. The molecule has 8 heteroatoms. The zero-order chi connectivity index (χ0) is 22.5. The average Bonchev–Trinajstić information content (AvgIpc) is 3.10. The second kappa shape index (κ2) is 8.52. The molecular weight excluding hydrogens is 428 g/mol. The van der Waals surface area contributed by atoms with E-state index in [-0.39, 0.29) is 42.3 Å². The molecule has 1 aliphatic carbocycles. The molecule has 2 saturated heterocycles. The maximum Gasteiger partial charge on any atom is 0.311 e. The maximum absolute atomic E-state index is 14.2. The molecule has 0 aromatic carbocycles. The minimum Gasteiger partial charge on any atom is -0.461 e. The van der Waals surface area contributed by atoms with Gasteiger partial charge in [-0.1, -0.05) is 50.5 Å². The number of aliphatic hydroxyl groups is 1. The molecule has 1 N–H and O–H groups in total. The van der Waals surface area contributed by atoms with Gasteiger partial charge in [-0.15, -0.1) is 11.8 Å². The summed E-state index contributed by atoms with van der Waals surface area (Å²) in [4.78, 5) is 44.6. The third kappa shape index (κ3) is 3.16. The molecule has 1 saturated carbocycles. The quantitative estimate of drug-likeness (QED) is 0.509. The number of likely N-dealkylation sites (tertiary alicyclic amines) is 1. The number of hydrogen-bond acceptors (Lipinski definition) is 6. The molecule has 6 atom stereocenters. The summed E-state index contributed by atoms with van der Waals surface area (Å²) in [6.07, 6.45) is 13.8. The van der Waals surface area contributed by atoms with E-state index < -0.39 is 28.7 Å². The van der Waals surface area contributed by atoms with Gasteiger partial charge >= 0.3 is 5.97 Å². The third-order valence-electron chi connectivity index (χ3n) is 7.97. The van der Waals surface area contributed by atoms with Crippen LogP contribution in [0.2, 0.25) is 0 Å². The second-order valence-corrected chi connectivity index (χ2v) is 11.1. The molecule has 2 amide bonds. The average molecular weight is 461 g/mol. The molecule has 5 aliphatic rings. The van der Waals surface area contributed by atoms with E-state index in [1.165, 1.54) is 6.42 Å². The fourth-order valence-corrected chi connectivity index (χ4v) is 8.44. The predicted octanol–water partition coefficient (Wildman–Crippen LogP) is 1.90. The Morgan fingerprint density at radius 1 is 1.19 bits per heavy atom. The molecule has 0 bridgehead atoms. The molecule has 0 aromatic heterocycles. The highest BCUT2D eigenvalue weighted by Crippen LogP contribution is 2.61. The van der Waals surface area contributed by atoms with Crippen LogP contribution in [-0.2, 0) is 19.1 Å². The molecule has 1 spiro atoms. The molecule has 7 nitrogen and oxygen atoms in total. The lowest BCUT2D eigenvalue weighted by molar-refractivity contribution is -0.152. The fourth-order valence-electron chi connectivity index (χ4n) is 6.45. The first kappa shape index (κ1) is 22.0. The number of aliphatic hydroxyl groups excluding tert-OH is 1. The third-order valence-corrected chi connectivity index (χ3v) is 9.72. The van der Waals surface area contributed by atoms with E-state index >= 15 is 0 Å². The maximum atomic E-state index is 14.2. The smallest absolute Gasteiger partial charge is 0.311 e. The van der Waals surface area contributed by atoms with E-state index in [9.17, 15) is 19.5 Å². The number of esters is 1. The van der Waals surface area contributed by atoms with Gasteiger partial charge in [0.05, 0.1) is 29.2 Å². The Morgan fingerprint density at radius 2 is 1.97 bits per heavy atom. The first-order valence-corrected chi connectivity index (χ1v) is 12.8. The van der Waals surface area contributed by atoms with Gasteiger partial charge in [-0.3, -0.25) is 14.4 Å². The van der Waals surface area contributed by atoms with Crippen molar-refractivity contribution in [1.82, 2.24) is 9.80 Å². The Kier molecular flexibility index (Phi) is 5.86. The summed E-state index contributed by atoms with van der Waals surface area (Å²) in [6, 6.07) is -0.978. The first-order chi connectivity index (χ1) is 15.5. The second-order valence-electron chi connectivity index (χ2n) is 9.58. The monoisotopic (exact) mass is 460 g/mol. The topological polar surface area (TPSA) is 87.2 Å². The van der Waals surface area contributed by atoms with Crippen LogP contribution in [0.5, 0.6) is 0 Å². The van der Waals surface area contributed by atoms with Gasteiger partial charge in [0.15, 0.2) is 0 Å². The normalized spacial score (nSPS) is 38.1. The van der Waals surface area contributed by atoms with Crippen molar-refractivity contribution in [3.63, 3.8) is 0 Å². The Labute approximate surface area is 193 Å². The number of rotatable bonds is 4. The van der Waals surface area contributed by atoms with Gasteiger partial charge in [0, 0.05) is 17.8 Å². The minimum absolute atomic E-state index is 0.0362. The number of carbonyl (C=O) groups excluding carboxylic acids is 3. The molecule has 0 radical (unpaired) electrons. The zero-order valence-electron chi connectivity index (χ0n) is 18.5. The number of cyclic esters (lactones) is 1. The van der Waals surface area contributed by atoms with E-state index in [0.717, 1.165) is 25.7 Å². The number of thioether (sulfide) groups is 1. The number of amides is 2. The molecule has 1 unspecified atom stereocenters. The Morgan fingerprint density at radius 3 is 2.69 bits per heavy atom. The van der Waals surface area contributed by atoms with Crippen LogP contribution in [-0.4, -0.2) is 80.6 Å². The number of hydrogen-bond donors (Lipinski definition) is 1. The minimum atomic E-state index is -0.823. The van der Waals surface area contributed by atoms with E-state index in [2.05, 4.69) is 0 Å². The van der Waals surface area contributed by atoms with Crippen molar-refractivity contribution in [1.29, 1.82) is 0 Å². The Bertz CT molecular complexity index is 849. The summed E-state index contributed by atoms with van der Waals surface area (Å²) in [5.41, 5.74) is 0. The van der Waals surface area contributed by atoms with Crippen molar-refractivity contribution in [2.75, 3.05) is 19.8 Å². The Balaban J connectivity index is 1.60. The molecule has 5 rings (SSSR count). The number of fused-ring (bicyclic) bond motifs is 2. The van der Waals surface area contributed by atoms with Gasteiger partial charge in [0.2, 0.25) is 11.8 Å². The van der Waals surface area contributed by atoms with Crippen LogP contribution in [0, 0.1) is 11.8 Å². The van der Waals surface area contributed by atoms with Gasteiger partial charge in [0.1, 0.15) is 12.6 Å². The van der Waals surface area contributed by atoms with E-state index in [1.54, 1.807) is 16.7 Å². The van der Waals surface area contributed by atoms with Crippen molar-refractivity contribution in [2.24, 2.45) is 11.8 Å². The summed E-state index contributed by atoms with van der Waals surface area (Å²) in [5, 5.41) is 9.91. The van der Waals surface area contributed by atoms with Gasteiger partial charge in [-0.25, -0.2) is 0 Å². The van der Waals surface area contributed by atoms with Crippen molar-refractivity contribution in [2.45, 2.75) is 73.6 Å². The van der Waals surface area contributed by atoms with Crippen molar-refractivity contribution >= 4 is 29.5 Å². The van der Waals surface area contributed by atoms with Crippen LogP contribution in [0.3, 0.4) is 0 Å². The van der Waals surface area contributed by atoms with Crippen LogP contribution < -0.4 is 0 Å². The lowest BCUT2D eigenvalue weighted by Gasteiger charge is -2.41. The van der Waals surface area contributed by atoms with Crippen LogP contribution >= 0.6 is 11.8 Å². The molecule has 3 fully saturated rings. The number of carbonyl (C=O) groups is 3. The van der Waals surface area contributed by atoms with Crippen molar-refractivity contribution < 1.29 is 24.2 Å². The van der Waals surface area contributed by atoms with Crippen molar-refractivity contribution in [3.05, 3.63) is 24.3 Å². The predicted molar refractivity (Wildman–Crippen MR) is 121 cm³/mol. The highest BCUT2D eigenvalue weighted by Gasteiger charge is 2.71. The van der Waals surface area contributed by atoms with Gasteiger partial charge in [-0.05, 0) is 19.3 Å². The van der Waals surface area contributed by atoms with Crippen LogP contribution in [0.15, 0.2) is 24.3 Å². The van der Waals surface area contributed by atoms with E-state index in [0.29, 0.717) is 13.0 Å². The number of ether oxygens (including phenoxy) is 1. The van der Waals surface area contributed by atoms with Crippen LogP contribution in [0.4, 0.5) is 0 Å². The molecule has 0 aromatic rings. The largest absolute Gasteiger partial charge is 0.461 e. The van der Waals surface area contributed by atoms with Crippen LogP contribution in [0.25, 0.3) is 0 Å². The lowest BCUT2D eigenvalue weighted by Crippen LogP contribution is -2.58. The highest BCUT2D eigenvalue weighted by molar-refractivity contribution is 8.02. The highest BCUT2D eigenvalue weighted by atomic mass is 32.2. The molecule has 174 valence electrons. The molecule has 4 aliphatic heterocycles. The summed E-state index contributed by atoms with van der Waals surface area (Å²) >= 11 is 1.56. The SMILES string of the molecule is CC[C@@H](CO)N1C(=O)[C@@H]2[C@@H]3C(=O)OCC=C[C@@H]3S[C@@]23C=CCN(C2CCCCC2)C(=O)C13. The van der Waals surface area contributed by atoms with Gasteiger partial charge < -0.3 is 19.6 Å². The molecular formula is C24H32N2O5S. The summed E-state index contributed by atoms with van der Waals surface area (Å²) in [5.74, 6) is -1.88. The lowest BCUT2D eigenvalue weighted by atomic mass is 9.78. The van der Waals surface area contributed by atoms with Crippen molar-refractivity contribution in [3.8, 4) is 0 Å². The summed E-state index contributed by atoms with van der Waals surface area (Å²) in [6.45, 7) is 2.46. The zero-order valence-corrected chi connectivity index (χ0v) is 19.3. The fraction of sp³-hybridized carbons (Fsp3) is 0.708. The first-order valence-electron chi connectivity index (χ1n) is 12.0. The molecule has 4 heterocycles. The van der Waals surface area contributed by atoms with Gasteiger partial charge in [-0.2, -0.15) is 0 Å². The van der Waals surface area contributed by atoms with Gasteiger partial charge in [0.25, 0.3) is 0 Å². The standard InChI is InChI=1S/C24H32N2O5S/c1-2-15(14-27)26-20-22(29)25(16-8-4-3-5-9-16)12-7-11-24(20)19(21(26)28)18-17(32-24)10-6-13-31-23(18)30/h6-7,10-11,15-20,27H,2-5,8-9,12-14H2,1H3/t15-,17-,18+,19-,20?,24-/m0/s1. The molecule has 32 heavy (non-hydrogen) atoms. The summed E-state index contributed by atoms with van der Waals surface area (Å²) < 4.78 is 4.57. The summed E-state index contributed by atoms with van der Waals surface area (Å²) in [7, 11) is 0. The van der Waals surface area contributed by atoms with E-state index in [1.807, 2.05) is 36.1 Å².